The number of carbonyl (C=O) groups is 1. The smallest absolute Gasteiger partial charge is 0.306 e. The summed E-state index contributed by atoms with van der Waals surface area (Å²) in [6.45, 7) is 4.34. The summed E-state index contributed by atoms with van der Waals surface area (Å²) in [6, 6.07) is 0. The number of aliphatic hydroxyl groups excluding tert-OH is 4. The number of rotatable bonds is 37. The molecule has 1 aliphatic heterocycles. The lowest BCUT2D eigenvalue weighted by molar-refractivity contribution is -0.305. The Hall–Kier alpha value is -0.810. The maximum atomic E-state index is 12.3. The minimum atomic E-state index is -1.53. The van der Waals surface area contributed by atoms with Gasteiger partial charge < -0.3 is 39.4 Å². The molecule has 0 saturated carbocycles. The van der Waals surface area contributed by atoms with Crippen LogP contribution in [0.2, 0.25) is 0 Å². The van der Waals surface area contributed by atoms with Gasteiger partial charge in [-0.2, -0.15) is 0 Å². The van der Waals surface area contributed by atoms with Crippen LogP contribution >= 0.6 is 0 Å². The Morgan fingerprint density at radius 2 is 0.961 bits per heavy atom. The van der Waals surface area contributed by atoms with E-state index in [0.717, 1.165) is 25.7 Å². The molecule has 1 rings (SSSR count). The fourth-order valence-electron chi connectivity index (χ4n) is 6.82. The molecule has 0 amide bonds. The van der Waals surface area contributed by atoms with E-state index in [0.29, 0.717) is 13.0 Å². The largest absolute Gasteiger partial charge is 0.457 e. The molecule has 6 atom stereocenters. The topological polar surface area (TPSA) is 135 Å². The molecule has 1 aliphatic rings. The number of hydrogen-bond donors (Lipinski definition) is 4. The van der Waals surface area contributed by atoms with Crippen molar-refractivity contribution in [1.29, 1.82) is 0 Å². The first-order valence-electron chi connectivity index (χ1n) is 21.6. The molecule has 0 aromatic heterocycles. The Morgan fingerprint density at radius 3 is 1.37 bits per heavy atom. The van der Waals surface area contributed by atoms with E-state index in [4.69, 9.17) is 18.9 Å². The molecule has 1 saturated heterocycles. The normalized spacial score (nSPS) is 21.3. The van der Waals surface area contributed by atoms with Gasteiger partial charge in [-0.05, 0) is 12.8 Å². The van der Waals surface area contributed by atoms with Gasteiger partial charge in [0.25, 0.3) is 0 Å². The van der Waals surface area contributed by atoms with Crippen LogP contribution in [-0.2, 0) is 23.7 Å². The van der Waals surface area contributed by atoms with E-state index in [1.807, 2.05) is 6.92 Å². The highest BCUT2D eigenvalue weighted by molar-refractivity contribution is 5.69. The Kier molecular flexibility index (Phi) is 33.0. The van der Waals surface area contributed by atoms with Gasteiger partial charge in [-0.25, -0.2) is 0 Å². The van der Waals surface area contributed by atoms with Gasteiger partial charge in [-0.1, -0.05) is 181 Å². The predicted molar refractivity (Wildman–Crippen MR) is 206 cm³/mol. The summed E-state index contributed by atoms with van der Waals surface area (Å²) < 4.78 is 22.4. The fraction of sp³-hybridized carbons (Fsp3) is 0.976. The summed E-state index contributed by atoms with van der Waals surface area (Å²) in [5, 5.41) is 39.6. The molecule has 0 radical (unpaired) electrons. The van der Waals surface area contributed by atoms with E-state index in [2.05, 4.69) is 6.92 Å². The molecule has 0 aromatic rings. The van der Waals surface area contributed by atoms with Crippen LogP contribution in [0, 0.1) is 0 Å². The maximum Gasteiger partial charge on any atom is 0.306 e. The van der Waals surface area contributed by atoms with Crippen LogP contribution in [0.15, 0.2) is 0 Å². The summed E-state index contributed by atoms with van der Waals surface area (Å²) in [5.41, 5.74) is 0. The van der Waals surface area contributed by atoms with Crippen LogP contribution in [-0.4, -0.2) is 89.6 Å². The first-order chi connectivity index (χ1) is 24.9. The van der Waals surface area contributed by atoms with Gasteiger partial charge in [0.2, 0.25) is 0 Å². The molecular weight excluding hydrogens is 648 g/mol. The molecule has 51 heavy (non-hydrogen) atoms. The highest BCUT2D eigenvalue weighted by Gasteiger charge is 2.44. The molecule has 9 nitrogen and oxygen atoms in total. The second-order valence-electron chi connectivity index (χ2n) is 15.2. The van der Waals surface area contributed by atoms with Crippen LogP contribution in [0.5, 0.6) is 0 Å². The Balaban J connectivity index is 1.96. The van der Waals surface area contributed by atoms with Crippen molar-refractivity contribution in [3.63, 3.8) is 0 Å². The minimum absolute atomic E-state index is 0.111. The van der Waals surface area contributed by atoms with Crippen LogP contribution in [0.3, 0.4) is 0 Å². The number of unbranched alkanes of at least 4 members (excludes halogenated alkanes) is 26. The van der Waals surface area contributed by atoms with E-state index in [-0.39, 0.29) is 19.2 Å². The standard InChI is InChI=1S/C42H82O9/c1-3-5-7-8-9-10-11-12-13-14-15-16-17-18-19-20-21-22-23-24-25-26-27-28-29-30-32-48-34-36(50-38(44)31-6-4-2)35-49-42-41(47)40(46)39(45)37(33-43)51-42/h36-37,39-43,45-47H,3-35H2,1-2H3. The molecule has 0 aromatic carbocycles. The third kappa shape index (κ3) is 26.6. The van der Waals surface area contributed by atoms with Gasteiger partial charge in [0.05, 0.1) is 19.8 Å². The molecule has 0 aliphatic carbocycles. The quantitative estimate of drug-likeness (QED) is 0.0365. The number of hydrogen-bond acceptors (Lipinski definition) is 9. The predicted octanol–water partition coefficient (Wildman–Crippen LogP) is 9.08. The van der Waals surface area contributed by atoms with E-state index < -0.39 is 43.4 Å². The van der Waals surface area contributed by atoms with Gasteiger partial charge in [-0.15, -0.1) is 0 Å². The lowest BCUT2D eigenvalue weighted by Crippen LogP contribution is -2.59. The summed E-state index contributed by atoms with van der Waals surface area (Å²) in [5.74, 6) is -0.344. The van der Waals surface area contributed by atoms with Crippen molar-refractivity contribution < 1.29 is 44.2 Å². The van der Waals surface area contributed by atoms with Crippen LogP contribution in [0.4, 0.5) is 0 Å². The third-order valence-corrected chi connectivity index (χ3v) is 10.3. The summed E-state index contributed by atoms with van der Waals surface area (Å²) in [7, 11) is 0. The lowest BCUT2D eigenvalue weighted by atomic mass is 9.99. The van der Waals surface area contributed by atoms with Gasteiger partial charge in [0.15, 0.2) is 6.29 Å². The van der Waals surface area contributed by atoms with E-state index >= 15 is 0 Å². The van der Waals surface area contributed by atoms with Gasteiger partial charge in [-0.3, -0.25) is 4.79 Å². The van der Waals surface area contributed by atoms with Gasteiger partial charge in [0, 0.05) is 13.0 Å². The summed E-state index contributed by atoms with van der Waals surface area (Å²) >= 11 is 0. The Labute approximate surface area is 312 Å². The molecule has 4 N–H and O–H groups in total. The van der Waals surface area contributed by atoms with Crippen LogP contribution in [0.1, 0.15) is 200 Å². The first kappa shape index (κ1) is 48.2. The highest BCUT2D eigenvalue weighted by atomic mass is 16.7. The third-order valence-electron chi connectivity index (χ3n) is 10.3. The van der Waals surface area contributed by atoms with Crippen molar-refractivity contribution in [3.05, 3.63) is 0 Å². The fourth-order valence-corrected chi connectivity index (χ4v) is 6.82. The van der Waals surface area contributed by atoms with E-state index in [9.17, 15) is 25.2 Å². The minimum Gasteiger partial charge on any atom is -0.457 e. The molecule has 9 heteroatoms. The zero-order chi connectivity index (χ0) is 37.2. The van der Waals surface area contributed by atoms with Crippen LogP contribution < -0.4 is 0 Å². The molecule has 304 valence electrons. The molecule has 0 bridgehead atoms. The van der Waals surface area contributed by atoms with Crippen LogP contribution in [0.25, 0.3) is 0 Å². The first-order valence-corrected chi connectivity index (χ1v) is 21.6. The molecule has 1 fully saturated rings. The number of carbonyl (C=O) groups excluding carboxylic acids is 1. The SMILES string of the molecule is CCCCCCCCCCCCCCCCCCCCCCCCCCCCOCC(COC1OC(CO)C(O)C(O)C1O)OC(=O)CCCC. The average Bonchev–Trinajstić information content (AvgIpc) is 3.13. The highest BCUT2D eigenvalue weighted by Crippen LogP contribution is 2.22. The second-order valence-corrected chi connectivity index (χ2v) is 15.2. The monoisotopic (exact) mass is 731 g/mol. The Bertz CT molecular complexity index is 752. The average molecular weight is 731 g/mol. The molecule has 1 heterocycles. The van der Waals surface area contributed by atoms with Gasteiger partial charge >= 0.3 is 5.97 Å². The molecular formula is C42H82O9. The zero-order valence-corrected chi connectivity index (χ0v) is 33.1. The number of ether oxygens (including phenoxy) is 4. The molecule has 0 spiro atoms. The number of esters is 1. The van der Waals surface area contributed by atoms with E-state index in [1.165, 1.54) is 154 Å². The Morgan fingerprint density at radius 1 is 0.549 bits per heavy atom. The maximum absolute atomic E-state index is 12.3. The van der Waals surface area contributed by atoms with Crippen molar-refractivity contribution in [1.82, 2.24) is 0 Å². The van der Waals surface area contributed by atoms with Crippen molar-refractivity contribution in [2.75, 3.05) is 26.4 Å². The van der Waals surface area contributed by atoms with Crippen molar-refractivity contribution in [2.24, 2.45) is 0 Å². The second kappa shape index (κ2) is 34.9. The summed E-state index contributed by atoms with van der Waals surface area (Å²) in [6.07, 6.45) is 29.9. The van der Waals surface area contributed by atoms with Crippen molar-refractivity contribution >= 4 is 5.97 Å². The molecule has 6 unspecified atom stereocenters. The van der Waals surface area contributed by atoms with Gasteiger partial charge in [0.1, 0.15) is 30.5 Å². The summed E-state index contributed by atoms with van der Waals surface area (Å²) in [4.78, 5) is 12.3. The lowest BCUT2D eigenvalue weighted by Gasteiger charge is -2.39. The van der Waals surface area contributed by atoms with Crippen molar-refractivity contribution in [3.8, 4) is 0 Å². The van der Waals surface area contributed by atoms with E-state index in [1.54, 1.807) is 0 Å². The zero-order valence-electron chi connectivity index (χ0n) is 33.1. The number of aliphatic hydroxyl groups is 4. The van der Waals surface area contributed by atoms with Crippen molar-refractivity contribution in [2.45, 2.75) is 237 Å².